The van der Waals surface area contributed by atoms with Crippen molar-refractivity contribution in [3.05, 3.63) is 0 Å². The van der Waals surface area contributed by atoms with Gasteiger partial charge in [0.25, 0.3) is 0 Å². The van der Waals surface area contributed by atoms with E-state index in [2.05, 4.69) is 0 Å². The van der Waals surface area contributed by atoms with Crippen LogP contribution in [-0.2, 0) is 9.53 Å². The van der Waals surface area contributed by atoms with Crippen LogP contribution in [0.25, 0.3) is 0 Å². The first kappa shape index (κ1) is 9.43. The number of aliphatic hydroxyl groups excluding tert-OH is 1. The number of hydrogen-bond donors (Lipinski definition) is 1. The molecule has 0 heterocycles. The third-order valence-corrected chi connectivity index (χ3v) is 1.34. The summed E-state index contributed by atoms with van der Waals surface area (Å²) in [6, 6.07) is 0. The lowest BCUT2D eigenvalue weighted by Crippen LogP contribution is -2.18. The lowest BCUT2D eigenvalue weighted by molar-refractivity contribution is -0.152. The van der Waals surface area contributed by atoms with Crippen molar-refractivity contribution in [2.75, 3.05) is 6.61 Å². The molecule has 0 saturated heterocycles. The highest BCUT2D eigenvalue weighted by Crippen LogP contribution is 2.01. The van der Waals surface area contributed by atoms with Crippen LogP contribution in [-0.4, -0.2) is 23.8 Å². The summed E-state index contributed by atoms with van der Waals surface area (Å²) in [5, 5.41) is 8.30. The zero-order chi connectivity index (χ0) is 7.98. The minimum absolute atomic E-state index is 0.0281. The van der Waals surface area contributed by atoms with Crippen LogP contribution in [0.2, 0.25) is 0 Å². The Morgan fingerprint density at radius 2 is 2.00 bits per heavy atom. The normalized spacial score (nSPS) is 10.0. The van der Waals surface area contributed by atoms with E-state index in [1.54, 1.807) is 0 Å². The molecule has 0 aromatic carbocycles. The van der Waals surface area contributed by atoms with Crippen molar-refractivity contribution in [3.8, 4) is 0 Å². The number of carbonyl (C=O) groups excluding carboxylic acids is 1. The molecule has 0 rings (SSSR count). The highest BCUT2D eigenvalue weighted by Gasteiger charge is 2.07. The highest BCUT2D eigenvalue weighted by atomic mass is 16.6. The van der Waals surface area contributed by atoms with Crippen molar-refractivity contribution < 1.29 is 14.6 Å². The van der Waals surface area contributed by atoms with Crippen LogP contribution in [0, 0.1) is 0 Å². The summed E-state index contributed by atoms with van der Waals surface area (Å²) in [6.07, 6.45) is 1.59. The summed E-state index contributed by atoms with van der Waals surface area (Å²) in [6.45, 7) is 3.37. The molecule has 0 aliphatic rings. The molecule has 0 aliphatic carbocycles. The van der Waals surface area contributed by atoms with E-state index in [0.29, 0.717) is 0 Å². The summed E-state index contributed by atoms with van der Waals surface area (Å²) >= 11 is 0. The number of rotatable bonds is 4. The van der Waals surface area contributed by atoms with E-state index < -0.39 is 12.6 Å². The van der Waals surface area contributed by atoms with Gasteiger partial charge in [0.15, 0.2) is 0 Å². The van der Waals surface area contributed by atoms with Crippen molar-refractivity contribution in [2.45, 2.75) is 32.8 Å². The van der Waals surface area contributed by atoms with E-state index in [0.717, 1.165) is 12.8 Å². The van der Waals surface area contributed by atoms with Gasteiger partial charge in [-0.05, 0) is 12.8 Å². The van der Waals surface area contributed by atoms with Gasteiger partial charge in [-0.15, -0.1) is 0 Å². The fourth-order valence-electron chi connectivity index (χ4n) is 0.679. The maximum atomic E-state index is 10.5. The standard InChI is InChI=1S/C7H14O3/c1-3-6(4-2)10-7(9)5-8/h6,8H,3-5H2,1-2H3. The van der Waals surface area contributed by atoms with Gasteiger partial charge in [0.2, 0.25) is 0 Å². The predicted octanol–water partition coefficient (Wildman–Crippen LogP) is 0.710. The number of esters is 1. The fourth-order valence-corrected chi connectivity index (χ4v) is 0.679. The van der Waals surface area contributed by atoms with Gasteiger partial charge in [0.05, 0.1) is 0 Å². The molecule has 0 unspecified atom stereocenters. The van der Waals surface area contributed by atoms with Crippen LogP contribution in [0.3, 0.4) is 0 Å². The first-order valence-corrected chi connectivity index (χ1v) is 3.54. The van der Waals surface area contributed by atoms with Crippen LogP contribution >= 0.6 is 0 Å². The zero-order valence-electron chi connectivity index (χ0n) is 6.46. The quantitative estimate of drug-likeness (QED) is 0.594. The van der Waals surface area contributed by atoms with Gasteiger partial charge >= 0.3 is 5.97 Å². The summed E-state index contributed by atoms with van der Waals surface area (Å²) in [5.41, 5.74) is 0. The third kappa shape index (κ3) is 3.45. The minimum Gasteiger partial charge on any atom is -0.461 e. The second-order valence-electron chi connectivity index (χ2n) is 2.09. The number of hydrogen-bond acceptors (Lipinski definition) is 3. The lowest BCUT2D eigenvalue weighted by atomic mass is 10.2. The molecule has 0 spiro atoms. The molecule has 0 amide bonds. The van der Waals surface area contributed by atoms with Crippen LogP contribution in [0.15, 0.2) is 0 Å². The maximum absolute atomic E-state index is 10.5. The summed E-state index contributed by atoms with van der Waals surface area (Å²) in [4.78, 5) is 10.5. The van der Waals surface area contributed by atoms with Crippen molar-refractivity contribution in [1.82, 2.24) is 0 Å². The van der Waals surface area contributed by atoms with E-state index in [1.165, 1.54) is 0 Å². The van der Waals surface area contributed by atoms with Crippen LogP contribution in [0.1, 0.15) is 26.7 Å². The minimum atomic E-state index is -0.534. The fraction of sp³-hybridized carbons (Fsp3) is 0.857. The molecule has 0 saturated carbocycles. The molecular formula is C7H14O3. The Morgan fingerprint density at radius 1 is 1.50 bits per heavy atom. The Hall–Kier alpha value is -0.570. The van der Waals surface area contributed by atoms with Gasteiger partial charge in [-0.1, -0.05) is 13.8 Å². The average molecular weight is 146 g/mol. The zero-order valence-corrected chi connectivity index (χ0v) is 6.46. The third-order valence-electron chi connectivity index (χ3n) is 1.34. The van der Waals surface area contributed by atoms with Gasteiger partial charge in [-0.3, -0.25) is 0 Å². The molecule has 0 fully saturated rings. The Balaban J connectivity index is 3.52. The number of ether oxygens (including phenoxy) is 1. The molecule has 10 heavy (non-hydrogen) atoms. The molecule has 3 heteroatoms. The summed E-state index contributed by atoms with van der Waals surface area (Å²) in [7, 11) is 0. The Kier molecular flexibility index (Phi) is 4.94. The van der Waals surface area contributed by atoms with Crippen molar-refractivity contribution in [3.63, 3.8) is 0 Å². The molecule has 0 atom stereocenters. The van der Waals surface area contributed by atoms with Crippen molar-refractivity contribution >= 4 is 5.97 Å². The highest BCUT2D eigenvalue weighted by molar-refractivity contribution is 5.70. The molecule has 0 radical (unpaired) electrons. The van der Waals surface area contributed by atoms with Gasteiger partial charge < -0.3 is 9.84 Å². The molecule has 1 N–H and O–H groups in total. The molecule has 0 aliphatic heterocycles. The van der Waals surface area contributed by atoms with Gasteiger partial charge in [-0.25, -0.2) is 4.79 Å². The monoisotopic (exact) mass is 146 g/mol. The topological polar surface area (TPSA) is 46.5 Å². The summed E-state index contributed by atoms with van der Waals surface area (Å²) in [5.74, 6) is -0.534. The first-order valence-electron chi connectivity index (χ1n) is 3.54. The number of carbonyl (C=O) groups is 1. The second-order valence-corrected chi connectivity index (χ2v) is 2.09. The molecular weight excluding hydrogens is 132 g/mol. The molecule has 0 bridgehead atoms. The molecule has 60 valence electrons. The van der Waals surface area contributed by atoms with Crippen molar-refractivity contribution in [1.29, 1.82) is 0 Å². The second kappa shape index (κ2) is 5.23. The average Bonchev–Trinajstić information content (AvgIpc) is 1.99. The van der Waals surface area contributed by atoms with E-state index in [9.17, 15) is 4.79 Å². The maximum Gasteiger partial charge on any atom is 0.332 e. The van der Waals surface area contributed by atoms with E-state index >= 15 is 0 Å². The van der Waals surface area contributed by atoms with Gasteiger partial charge in [0, 0.05) is 0 Å². The van der Waals surface area contributed by atoms with E-state index in [4.69, 9.17) is 9.84 Å². The molecule has 3 nitrogen and oxygen atoms in total. The Labute approximate surface area is 61.0 Å². The van der Waals surface area contributed by atoms with E-state index in [1.807, 2.05) is 13.8 Å². The summed E-state index contributed by atoms with van der Waals surface area (Å²) < 4.78 is 4.81. The largest absolute Gasteiger partial charge is 0.461 e. The van der Waals surface area contributed by atoms with Crippen LogP contribution < -0.4 is 0 Å². The Bertz CT molecular complexity index is 97.0. The van der Waals surface area contributed by atoms with Crippen molar-refractivity contribution in [2.24, 2.45) is 0 Å². The number of aliphatic hydroxyl groups is 1. The molecule has 0 aromatic heterocycles. The smallest absolute Gasteiger partial charge is 0.332 e. The SMILES string of the molecule is CCC(CC)OC(=O)CO. The van der Waals surface area contributed by atoms with Crippen LogP contribution in [0.5, 0.6) is 0 Å². The van der Waals surface area contributed by atoms with Gasteiger partial charge in [-0.2, -0.15) is 0 Å². The predicted molar refractivity (Wildman–Crippen MR) is 37.5 cm³/mol. The van der Waals surface area contributed by atoms with Gasteiger partial charge in [0.1, 0.15) is 12.7 Å². The first-order chi connectivity index (χ1) is 4.74. The molecule has 0 aromatic rings. The lowest BCUT2D eigenvalue weighted by Gasteiger charge is -2.12. The van der Waals surface area contributed by atoms with E-state index in [-0.39, 0.29) is 6.10 Å². The van der Waals surface area contributed by atoms with Crippen LogP contribution in [0.4, 0.5) is 0 Å². The Morgan fingerprint density at radius 3 is 2.30 bits per heavy atom.